The van der Waals surface area contributed by atoms with Crippen LogP contribution in [0.2, 0.25) is 0 Å². The maximum atomic E-state index is 13.5. The second kappa shape index (κ2) is 6.83. The third-order valence-electron chi connectivity index (χ3n) is 2.72. The fourth-order valence-corrected chi connectivity index (χ4v) is 1.52. The Kier molecular flexibility index (Phi) is 5.42. The predicted molar refractivity (Wildman–Crippen MR) is 69.9 cm³/mol. The normalized spacial score (nSPS) is 10.2. The van der Waals surface area contributed by atoms with E-state index in [2.05, 4.69) is 5.32 Å². The number of nitrogens with zero attached hydrogens (tertiary/aromatic N) is 1. The number of carbonyl (C=O) groups excluding carboxylic acids is 1. The molecule has 0 saturated carbocycles. The van der Waals surface area contributed by atoms with Crippen LogP contribution in [-0.2, 0) is 0 Å². The maximum absolute atomic E-state index is 13.5. The summed E-state index contributed by atoms with van der Waals surface area (Å²) in [6.07, 6.45) is 1.68. The first kappa shape index (κ1) is 15.9. The summed E-state index contributed by atoms with van der Waals surface area (Å²) < 4.78 is 26.7. The smallest absolute Gasteiger partial charge is 0.338 e. The van der Waals surface area contributed by atoms with Crippen molar-refractivity contribution in [3.05, 3.63) is 29.3 Å². The molecule has 1 aromatic carbocycles. The quantitative estimate of drug-likeness (QED) is 0.874. The SMILES string of the molecule is CCCCN(C)C(=O)Nc1cc(C(=O)O)c(F)cc1F. The number of urea groups is 1. The molecule has 5 nitrogen and oxygen atoms in total. The molecular weight excluding hydrogens is 270 g/mol. The topological polar surface area (TPSA) is 69.6 Å². The third kappa shape index (κ3) is 3.91. The van der Waals surface area contributed by atoms with Gasteiger partial charge in [-0.15, -0.1) is 0 Å². The number of aromatic carboxylic acids is 1. The number of rotatable bonds is 5. The predicted octanol–water partition coefficient (Wildman–Crippen LogP) is 2.93. The van der Waals surface area contributed by atoms with Crippen molar-refractivity contribution in [1.29, 1.82) is 0 Å². The number of hydrogen-bond acceptors (Lipinski definition) is 2. The molecule has 0 heterocycles. The lowest BCUT2D eigenvalue weighted by Crippen LogP contribution is -2.32. The Morgan fingerprint density at radius 2 is 1.95 bits per heavy atom. The molecule has 0 atom stereocenters. The van der Waals surface area contributed by atoms with Gasteiger partial charge in [-0.2, -0.15) is 0 Å². The highest BCUT2D eigenvalue weighted by Gasteiger charge is 2.17. The molecule has 0 radical (unpaired) electrons. The van der Waals surface area contributed by atoms with Crippen LogP contribution < -0.4 is 5.32 Å². The molecule has 0 aliphatic heterocycles. The van der Waals surface area contributed by atoms with Gasteiger partial charge in [0, 0.05) is 19.7 Å². The van der Waals surface area contributed by atoms with Gasteiger partial charge in [-0.3, -0.25) is 0 Å². The average Bonchev–Trinajstić information content (AvgIpc) is 2.38. The van der Waals surface area contributed by atoms with E-state index in [1.807, 2.05) is 6.92 Å². The monoisotopic (exact) mass is 286 g/mol. The van der Waals surface area contributed by atoms with Crippen molar-refractivity contribution >= 4 is 17.7 Å². The van der Waals surface area contributed by atoms with Crippen molar-refractivity contribution < 1.29 is 23.5 Å². The highest BCUT2D eigenvalue weighted by molar-refractivity contribution is 5.93. The van der Waals surface area contributed by atoms with Gasteiger partial charge in [-0.1, -0.05) is 13.3 Å². The molecule has 20 heavy (non-hydrogen) atoms. The largest absolute Gasteiger partial charge is 0.478 e. The zero-order valence-corrected chi connectivity index (χ0v) is 11.2. The van der Waals surface area contributed by atoms with Crippen LogP contribution in [0.4, 0.5) is 19.3 Å². The fourth-order valence-electron chi connectivity index (χ4n) is 1.52. The summed E-state index contributed by atoms with van der Waals surface area (Å²) in [5.74, 6) is -3.74. The number of nitrogens with one attached hydrogen (secondary N) is 1. The van der Waals surface area contributed by atoms with Gasteiger partial charge in [0.1, 0.15) is 11.6 Å². The molecule has 0 aliphatic carbocycles. The molecule has 0 unspecified atom stereocenters. The number of carboxylic acids is 1. The number of unbranched alkanes of at least 4 members (excludes halogenated alkanes) is 1. The molecule has 110 valence electrons. The van der Waals surface area contributed by atoms with E-state index in [4.69, 9.17) is 5.11 Å². The van der Waals surface area contributed by atoms with Crippen molar-refractivity contribution in [3.8, 4) is 0 Å². The van der Waals surface area contributed by atoms with Crippen molar-refractivity contribution in [1.82, 2.24) is 4.90 Å². The molecular formula is C13H16F2N2O3. The summed E-state index contributed by atoms with van der Waals surface area (Å²) in [4.78, 5) is 23.8. The first-order chi connectivity index (χ1) is 9.36. The van der Waals surface area contributed by atoms with E-state index in [-0.39, 0.29) is 5.69 Å². The first-order valence-corrected chi connectivity index (χ1v) is 6.11. The number of anilines is 1. The van der Waals surface area contributed by atoms with E-state index in [0.717, 1.165) is 18.9 Å². The van der Waals surface area contributed by atoms with E-state index >= 15 is 0 Å². The minimum atomic E-state index is -1.53. The Bertz CT molecular complexity index is 521. The maximum Gasteiger partial charge on any atom is 0.338 e. The number of benzene rings is 1. The van der Waals surface area contributed by atoms with Gasteiger partial charge in [0.05, 0.1) is 11.3 Å². The summed E-state index contributed by atoms with van der Waals surface area (Å²) in [6.45, 7) is 2.45. The Labute approximate surface area is 115 Å². The van der Waals surface area contributed by atoms with Crippen molar-refractivity contribution in [3.63, 3.8) is 0 Å². The van der Waals surface area contributed by atoms with Crippen molar-refractivity contribution in [2.24, 2.45) is 0 Å². The molecule has 0 aliphatic rings. The minimum absolute atomic E-state index is 0.364. The summed E-state index contributed by atoms with van der Waals surface area (Å²) in [6, 6.07) is 0.615. The van der Waals surface area contributed by atoms with Gasteiger partial charge in [-0.25, -0.2) is 18.4 Å². The van der Waals surface area contributed by atoms with Crippen LogP contribution >= 0.6 is 0 Å². The van der Waals surface area contributed by atoms with Crippen LogP contribution in [0, 0.1) is 11.6 Å². The Morgan fingerprint density at radius 3 is 2.50 bits per heavy atom. The molecule has 2 amide bonds. The van der Waals surface area contributed by atoms with E-state index in [1.165, 1.54) is 11.9 Å². The number of carboxylic acid groups (broad SMARTS) is 1. The lowest BCUT2D eigenvalue weighted by molar-refractivity contribution is 0.0692. The van der Waals surface area contributed by atoms with E-state index in [9.17, 15) is 18.4 Å². The van der Waals surface area contributed by atoms with Crippen LogP contribution in [0.3, 0.4) is 0 Å². The molecule has 0 aromatic heterocycles. The zero-order chi connectivity index (χ0) is 15.3. The van der Waals surface area contributed by atoms with Crippen LogP contribution in [0.1, 0.15) is 30.1 Å². The highest BCUT2D eigenvalue weighted by atomic mass is 19.1. The minimum Gasteiger partial charge on any atom is -0.478 e. The summed E-state index contributed by atoms with van der Waals surface area (Å²) in [5.41, 5.74) is -1.06. The van der Waals surface area contributed by atoms with Crippen LogP contribution in [0.5, 0.6) is 0 Å². The van der Waals surface area contributed by atoms with E-state index in [1.54, 1.807) is 0 Å². The van der Waals surface area contributed by atoms with Crippen LogP contribution in [0.15, 0.2) is 12.1 Å². The fraction of sp³-hybridized carbons (Fsp3) is 0.385. The molecule has 0 spiro atoms. The highest BCUT2D eigenvalue weighted by Crippen LogP contribution is 2.20. The standard InChI is InChI=1S/C13H16F2N2O3/c1-3-4-5-17(2)13(20)16-11-6-8(12(18)19)9(14)7-10(11)15/h6-7H,3-5H2,1-2H3,(H,16,20)(H,18,19). The Morgan fingerprint density at radius 1 is 1.30 bits per heavy atom. The van der Waals surface area contributed by atoms with Crippen molar-refractivity contribution in [2.45, 2.75) is 19.8 Å². The number of hydrogen-bond donors (Lipinski definition) is 2. The Balaban J connectivity index is 2.89. The lowest BCUT2D eigenvalue weighted by Gasteiger charge is -2.18. The number of halogens is 2. The summed E-state index contributed by atoms with van der Waals surface area (Å²) >= 11 is 0. The van der Waals surface area contributed by atoms with Gasteiger partial charge < -0.3 is 15.3 Å². The van der Waals surface area contributed by atoms with E-state index in [0.29, 0.717) is 12.6 Å². The second-order valence-corrected chi connectivity index (χ2v) is 4.32. The molecule has 0 bridgehead atoms. The Hall–Kier alpha value is -2.18. The molecule has 1 aromatic rings. The van der Waals surface area contributed by atoms with Gasteiger partial charge >= 0.3 is 12.0 Å². The van der Waals surface area contributed by atoms with Crippen molar-refractivity contribution in [2.75, 3.05) is 18.9 Å². The van der Waals surface area contributed by atoms with E-state index < -0.39 is 29.2 Å². The van der Waals surface area contributed by atoms with Gasteiger partial charge in [0.2, 0.25) is 0 Å². The molecule has 0 fully saturated rings. The summed E-state index contributed by atoms with van der Waals surface area (Å²) in [7, 11) is 1.53. The first-order valence-electron chi connectivity index (χ1n) is 6.11. The lowest BCUT2D eigenvalue weighted by atomic mass is 10.2. The van der Waals surface area contributed by atoms with Gasteiger partial charge in [0.25, 0.3) is 0 Å². The molecule has 1 rings (SSSR count). The molecule has 2 N–H and O–H groups in total. The van der Waals surface area contributed by atoms with Crippen LogP contribution in [0.25, 0.3) is 0 Å². The van der Waals surface area contributed by atoms with Gasteiger partial charge in [-0.05, 0) is 12.5 Å². The number of carbonyl (C=O) groups is 2. The average molecular weight is 286 g/mol. The zero-order valence-electron chi connectivity index (χ0n) is 11.2. The molecule has 0 saturated heterocycles. The van der Waals surface area contributed by atoms with Crippen LogP contribution in [-0.4, -0.2) is 35.6 Å². The summed E-state index contributed by atoms with van der Waals surface area (Å²) in [5, 5.41) is 11.0. The third-order valence-corrected chi connectivity index (χ3v) is 2.72. The number of amides is 2. The molecule has 7 heteroatoms. The van der Waals surface area contributed by atoms with Gasteiger partial charge in [0.15, 0.2) is 0 Å². The second-order valence-electron chi connectivity index (χ2n) is 4.32.